The normalized spacial score (nSPS) is 16.9. The zero-order valence-electron chi connectivity index (χ0n) is 13.1. The van der Waals surface area contributed by atoms with Crippen molar-refractivity contribution in [1.82, 2.24) is 5.32 Å². The maximum Gasteiger partial charge on any atom is 0.319 e. The van der Waals surface area contributed by atoms with Gasteiger partial charge < -0.3 is 10.6 Å². The third kappa shape index (κ3) is 4.99. The lowest BCUT2D eigenvalue weighted by atomic mass is 10.0. The minimum absolute atomic E-state index is 0.201. The topological polar surface area (TPSA) is 58.2 Å². The molecule has 0 spiro atoms. The monoisotopic (exact) mass is 342 g/mol. The Morgan fingerprint density at radius 1 is 1.41 bits per heavy atom. The van der Waals surface area contributed by atoms with Crippen LogP contribution >= 0.6 is 11.6 Å². The van der Waals surface area contributed by atoms with E-state index in [1.807, 2.05) is 0 Å². The van der Waals surface area contributed by atoms with Crippen molar-refractivity contribution < 1.29 is 9.00 Å². The molecule has 2 amide bonds. The Morgan fingerprint density at radius 3 is 2.73 bits per heavy atom. The molecule has 2 rings (SSSR count). The number of anilines is 1. The molecule has 0 aliphatic heterocycles. The van der Waals surface area contributed by atoms with Crippen LogP contribution in [0.3, 0.4) is 0 Å². The van der Waals surface area contributed by atoms with E-state index in [0.717, 1.165) is 18.5 Å². The molecule has 1 saturated carbocycles. The van der Waals surface area contributed by atoms with Crippen molar-refractivity contribution in [2.24, 2.45) is 5.41 Å². The maximum atomic E-state index is 12.0. The number of urea groups is 1. The number of carbonyl (C=O) groups is 1. The molecule has 1 atom stereocenters. The molecule has 1 fully saturated rings. The highest BCUT2D eigenvalue weighted by molar-refractivity contribution is 7.83. The molecule has 0 unspecified atom stereocenters. The maximum absolute atomic E-state index is 12.0. The van der Waals surface area contributed by atoms with Gasteiger partial charge in [-0.05, 0) is 48.4 Å². The van der Waals surface area contributed by atoms with Gasteiger partial charge in [0.25, 0.3) is 0 Å². The smallest absolute Gasteiger partial charge is 0.319 e. The van der Waals surface area contributed by atoms with Gasteiger partial charge in [0, 0.05) is 40.1 Å². The quantitative estimate of drug-likeness (QED) is 0.789. The summed E-state index contributed by atoms with van der Waals surface area (Å²) in [5.74, 6) is 0.385. The van der Waals surface area contributed by atoms with E-state index < -0.39 is 10.8 Å². The van der Waals surface area contributed by atoms with Crippen LogP contribution in [0.1, 0.15) is 38.2 Å². The average Bonchev–Trinajstić information content (AvgIpc) is 3.21. The van der Waals surface area contributed by atoms with Gasteiger partial charge in [-0.2, -0.15) is 0 Å². The van der Waals surface area contributed by atoms with E-state index in [9.17, 15) is 9.00 Å². The number of hydrogen-bond donors (Lipinski definition) is 2. The molecule has 1 aromatic carbocycles. The summed E-state index contributed by atoms with van der Waals surface area (Å²) in [6.45, 7) is 2.90. The van der Waals surface area contributed by atoms with Gasteiger partial charge in [0.2, 0.25) is 0 Å². The fourth-order valence-corrected chi connectivity index (χ4v) is 3.59. The van der Waals surface area contributed by atoms with Crippen LogP contribution < -0.4 is 10.6 Å². The molecule has 4 nitrogen and oxygen atoms in total. The van der Waals surface area contributed by atoms with Crippen LogP contribution in [0.5, 0.6) is 0 Å². The summed E-state index contributed by atoms with van der Waals surface area (Å²) in [5.41, 5.74) is 1.78. The number of halogens is 1. The second-order valence-corrected chi connectivity index (χ2v) is 7.92. The van der Waals surface area contributed by atoms with Gasteiger partial charge in [-0.1, -0.05) is 24.9 Å². The van der Waals surface area contributed by atoms with Crippen LogP contribution in [0.4, 0.5) is 10.5 Å². The molecular weight excluding hydrogens is 320 g/mol. The predicted molar refractivity (Wildman–Crippen MR) is 92.8 cm³/mol. The fourth-order valence-electron chi connectivity index (χ4n) is 2.65. The number of carbonyl (C=O) groups excluding carboxylic acids is 1. The Kier molecular flexibility index (Phi) is 5.87. The average molecular weight is 343 g/mol. The van der Waals surface area contributed by atoms with E-state index in [2.05, 4.69) is 17.6 Å². The molecule has 2 N–H and O–H groups in total. The van der Waals surface area contributed by atoms with E-state index in [4.69, 9.17) is 11.6 Å². The second kappa shape index (κ2) is 7.47. The summed E-state index contributed by atoms with van der Waals surface area (Å²) in [6.07, 6.45) is 6.35. The zero-order chi connectivity index (χ0) is 16.2. The summed E-state index contributed by atoms with van der Waals surface area (Å²) in [4.78, 5) is 12.0. The Hall–Kier alpha value is -1.07. The van der Waals surface area contributed by atoms with Crippen LogP contribution in [0.25, 0.3) is 0 Å². The lowest BCUT2D eigenvalue weighted by Crippen LogP contribution is -2.33. The van der Waals surface area contributed by atoms with Crippen molar-refractivity contribution in [3.63, 3.8) is 0 Å². The zero-order valence-corrected chi connectivity index (χ0v) is 14.6. The molecule has 0 heterocycles. The summed E-state index contributed by atoms with van der Waals surface area (Å²) >= 11 is 6.08. The van der Waals surface area contributed by atoms with Gasteiger partial charge in [0.05, 0.1) is 0 Å². The van der Waals surface area contributed by atoms with Gasteiger partial charge in [-0.25, -0.2) is 4.79 Å². The third-order valence-corrected chi connectivity index (χ3v) is 5.11. The van der Waals surface area contributed by atoms with Crippen molar-refractivity contribution in [2.75, 3.05) is 18.1 Å². The van der Waals surface area contributed by atoms with Gasteiger partial charge in [0.1, 0.15) is 0 Å². The van der Waals surface area contributed by atoms with Gasteiger partial charge in [-0.3, -0.25) is 4.21 Å². The third-order valence-electron chi connectivity index (χ3n) is 4.02. The molecule has 0 saturated heterocycles. The standard InChI is InChI=1S/C16H23ClN2O2S/c1-3-6-16(7-8-16)11-18-15(20)19-13-4-5-14(17)12(9-13)10-22(2)21/h4-5,9H,3,6-8,10-11H2,1-2H3,(H2,18,19,20)/t22-/m0/s1. The van der Waals surface area contributed by atoms with E-state index in [1.165, 1.54) is 19.3 Å². The van der Waals surface area contributed by atoms with Crippen LogP contribution in [-0.4, -0.2) is 23.0 Å². The second-order valence-electron chi connectivity index (χ2n) is 6.08. The summed E-state index contributed by atoms with van der Waals surface area (Å²) in [5, 5.41) is 6.34. The molecule has 22 heavy (non-hydrogen) atoms. The number of benzene rings is 1. The highest BCUT2D eigenvalue weighted by Crippen LogP contribution is 2.48. The van der Waals surface area contributed by atoms with Crippen molar-refractivity contribution >= 4 is 34.1 Å². The highest BCUT2D eigenvalue weighted by Gasteiger charge is 2.41. The molecule has 0 bridgehead atoms. The fraction of sp³-hybridized carbons (Fsp3) is 0.562. The van der Waals surface area contributed by atoms with E-state index in [0.29, 0.717) is 21.9 Å². The molecular formula is C16H23ClN2O2S. The van der Waals surface area contributed by atoms with Crippen LogP contribution in [0.2, 0.25) is 5.02 Å². The molecule has 1 aliphatic rings. The molecule has 0 aromatic heterocycles. The molecule has 122 valence electrons. The van der Waals surface area contributed by atoms with Crippen molar-refractivity contribution in [3.8, 4) is 0 Å². The van der Waals surface area contributed by atoms with E-state index in [1.54, 1.807) is 24.5 Å². The molecule has 6 heteroatoms. The van der Waals surface area contributed by atoms with E-state index >= 15 is 0 Å². The summed E-state index contributed by atoms with van der Waals surface area (Å²) < 4.78 is 11.3. The largest absolute Gasteiger partial charge is 0.337 e. The van der Waals surface area contributed by atoms with E-state index in [-0.39, 0.29) is 6.03 Å². The van der Waals surface area contributed by atoms with Crippen LogP contribution in [-0.2, 0) is 16.6 Å². The lowest BCUT2D eigenvalue weighted by Gasteiger charge is -2.15. The first-order valence-corrected chi connectivity index (χ1v) is 9.68. The first-order chi connectivity index (χ1) is 10.4. The Balaban J connectivity index is 1.90. The number of hydrogen-bond acceptors (Lipinski definition) is 2. The molecule has 1 aromatic rings. The highest BCUT2D eigenvalue weighted by atomic mass is 35.5. The minimum atomic E-state index is -0.970. The van der Waals surface area contributed by atoms with Crippen molar-refractivity contribution in [2.45, 2.75) is 38.4 Å². The lowest BCUT2D eigenvalue weighted by molar-refractivity contribution is 0.249. The predicted octanol–water partition coefficient (Wildman–Crippen LogP) is 3.92. The minimum Gasteiger partial charge on any atom is -0.337 e. The van der Waals surface area contributed by atoms with Crippen molar-refractivity contribution in [1.29, 1.82) is 0 Å². The molecule has 0 radical (unpaired) electrons. The van der Waals surface area contributed by atoms with Crippen molar-refractivity contribution in [3.05, 3.63) is 28.8 Å². The first-order valence-electron chi connectivity index (χ1n) is 7.57. The Morgan fingerprint density at radius 2 is 2.14 bits per heavy atom. The van der Waals surface area contributed by atoms with Gasteiger partial charge >= 0.3 is 6.03 Å². The molecule has 1 aliphatic carbocycles. The van der Waals surface area contributed by atoms with Gasteiger partial charge in [0.15, 0.2) is 0 Å². The number of amides is 2. The number of nitrogens with one attached hydrogen (secondary N) is 2. The Bertz CT molecular complexity index is 573. The summed E-state index contributed by atoms with van der Waals surface area (Å²) in [7, 11) is -0.970. The number of rotatable bonds is 7. The van der Waals surface area contributed by atoms with Crippen LogP contribution in [0.15, 0.2) is 18.2 Å². The van der Waals surface area contributed by atoms with Gasteiger partial charge in [-0.15, -0.1) is 0 Å². The first kappa shape index (κ1) is 17.3. The summed E-state index contributed by atoms with van der Waals surface area (Å²) in [6, 6.07) is 5.05. The van der Waals surface area contributed by atoms with Crippen LogP contribution in [0, 0.1) is 5.41 Å². The Labute approximate surface area is 139 Å². The SMILES string of the molecule is CCCC1(CNC(=O)Nc2ccc(Cl)c(C[S@](C)=O)c2)CC1.